The van der Waals surface area contributed by atoms with Crippen molar-refractivity contribution in [3.05, 3.63) is 46.9 Å². The highest BCUT2D eigenvalue weighted by Crippen LogP contribution is 2.26. The lowest BCUT2D eigenvalue weighted by molar-refractivity contribution is 0.314. The lowest BCUT2D eigenvalue weighted by Crippen LogP contribution is -2.20. The number of rotatable bonds is 6. The Bertz CT molecular complexity index is 614. The first-order chi connectivity index (χ1) is 9.74. The van der Waals surface area contributed by atoms with E-state index in [0.717, 1.165) is 12.2 Å². The lowest BCUT2D eigenvalue weighted by Gasteiger charge is -2.08. The van der Waals surface area contributed by atoms with Crippen molar-refractivity contribution >= 4 is 17.4 Å². The van der Waals surface area contributed by atoms with Crippen molar-refractivity contribution in [2.75, 3.05) is 6.61 Å². The molecule has 7 heteroatoms. The highest BCUT2D eigenvalue weighted by atomic mass is 32.0. The Balaban J connectivity index is 2.22. The maximum atomic E-state index is 12.0. The second-order valence-corrected chi connectivity index (χ2v) is 5.15. The first-order valence-corrected chi connectivity index (χ1v) is 8.91. The maximum absolute atomic E-state index is 12.0. The summed E-state index contributed by atoms with van der Waals surface area (Å²) in [6, 6.07) is 8.64. The fourth-order valence-electron chi connectivity index (χ4n) is 1.61. The molecule has 2 unspecified atom stereocenters. The van der Waals surface area contributed by atoms with Crippen molar-refractivity contribution in [3.63, 3.8) is 0 Å². The van der Waals surface area contributed by atoms with Gasteiger partial charge in [0, 0.05) is 6.07 Å². The van der Waals surface area contributed by atoms with Gasteiger partial charge in [-0.2, -0.15) is 9.78 Å². The third-order valence-electron chi connectivity index (χ3n) is 2.51. The SMILES string of the molecule is CCCOc1cnn(-c2ccc(OPP)cc2)c(=O)c1. The van der Waals surface area contributed by atoms with Crippen LogP contribution in [-0.4, -0.2) is 16.4 Å². The van der Waals surface area contributed by atoms with Crippen molar-refractivity contribution in [2.24, 2.45) is 0 Å². The van der Waals surface area contributed by atoms with E-state index in [1.165, 1.54) is 10.7 Å². The lowest BCUT2D eigenvalue weighted by atomic mass is 10.3. The van der Waals surface area contributed by atoms with Gasteiger partial charge in [0.1, 0.15) is 11.5 Å². The molecule has 0 aliphatic rings. The molecule has 0 saturated heterocycles. The van der Waals surface area contributed by atoms with Gasteiger partial charge < -0.3 is 9.26 Å². The molecule has 0 aliphatic carbocycles. The van der Waals surface area contributed by atoms with Gasteiger partial charge in [-0.05, 0) is 30.7 Å². The van der Waals surface area contributed by atoms with E-state index in [-0.39, 0.29) is 5.56 Å². The Labute approximate surface area is 121 Å². The van der Waals surface area contributed by atoms with Gasteiger partial charge in [-0.15, -0.1) is 0 Å². The molecule has 0 N–H and O–H groups in total. The van der Waals surface area contributed by atoms with Gasteiger partial charge in [-0.3, -0.25) is 4.79 Å². The van der Waals surface area contributed by atoms with Gasteiger partial charge in [0.15, 0.2) is 0 Å². The number of aromatic nitrogens is 2. The van der Waals surface area contributed by atoms with Crippen molar-refractivity contribution < 1.29 is 9.26 Å². The predicted molar refractivity (Wildman–Crippen MR) is 84.3 cm³/mol. The standard InChI is InChI=1S/C13H16N2O3P2/c1-2-7-17-12-8-13(16)15(14-9-12)10-3-5-11(6-4-10)18-20-19/h3-6,8-9,20H,2,7,19H2,1H3. The summed E-state index contributed by atoms with van der Waals surface area (Å²) in [6.45, 7) is 2.58. The third-order valence-corrected chi connectivity index (χ3v) is 3.21. The molecule has 106 valence electrons. The summed E-state index contributed by atoms with van der Waals surface area (Å²) in [5.41, 5.74) is 0.469. The predicted octanol–water partition coefficient (Wildman–Crippen LogP) is 2.78. The van der Waals surface area contributed by atoms with Gasteiger partial charge in [-0.25, -0.2) is 0 Å². The molecule has 0 bridgehead atoms. The molecular weight excluding hydrogens is 294 g/mol. The van der Waals surface area contributed by atoms with Crippen LogP contribution >= 0.6 is 17.4 Å². The van der Waals surface area contributed by atoms with E-state index in [9.17, 15) is 4.79 Å². The van der Waals surface area contributed by atoms with E-state index >= 15 is 0 Å². The summed E-state index contributed by atoms with van der Waals surface area (Å²) in [6.07, 6.45) is 2.44. The Kier molecular flexibility index (Phi) is 5.51. The summed E-state index contributed by atoms with van der Waals surface area (Å²) in [5.74, 6) is 1.26. The molecule has 20 heavy (non-hydrogen) atoms. The minimum atomic E-state index is -0.222. The van der Waals surface area contributed by atoms with Gasteiger partial charge in [-0.1, -0.05) is 15.9 Å². The first-order valence-electron chi connectivity index (χ1n) is 6.19. The molecule has 2 rings (SSSR count). The summed E-state index contributed by atoms with van der Waals surface area (Å²) in [5, 5.41) is 4.11. The molecule has 5 nitrogen and oxygen atoms in total. The molecular formula is C13H16N2O3P2. The molecule has 0 amide bonds. The number of nitrogens with zero attached hydrogens (tertiary/aromatic N) is 2. The minimum Gasteiger partial charge on any atom is -0.492 e. The highest BCUT2D eigenvalue weighted by Gasteiger charge is 2.04. The number of benzene rings is 1. The van der Waals surface area contributed by atoms with Crippen LogP contribution in [0.2, 0.25) is 0 Å². The Morgan fingerprint density at radius 2 is 2.05 bits per heavy atom. The summed E-state index contributed by atoms with van der Waals surface area (Å²) in [7, 11) is 2.82. The zero-order chi connectivity index (χ0) is 14.4. The van der Waals surface area contributed by atoms with Gasteiger partial charge in [0.2, 0.25) is 0 Å². The average Bonchev–Trinajstić information content (AvgIpc) is 2.47. The van der Waals surface area contributed by atoms with Crippen LogP contribution in [0.25, 0.3) is 5.69 Å². The normalized spacial score (nSPS) is 10.9. The van der Waals surface area contributed by atoms with Crippen LogP contribution in [0.5, 0.6) is 11.5 Å². The zero-order valence-electron chi connectivity index (χ0n) is 11.1. The molecule has 0 fully saturated rings. The molecule has 0 aliphatic heterocycles. The number of hydrogen-bond donors (Lipinski definition) is 0. The van der Waals surface area contributed by atoms with E-state index in [4.69, 9.17) is 9.26 Å². The van der Waals surface area contributed by atoms with Crippen LogP contribution in [0.1, 0.15) is 13.3 Å². The summed E-state index contributed by atoms with van der Waals surface area (Å²) >= 11 is 0. The number of ether oxygens (including phenoxy) is 1. The zero-order valence-corrected chi connectivity index (χ0v) is 13.2. The highest BCUT2D eigenvalue weighted by molar-refractivity contribution is 8.00. The van der Waals surface area contributed by atoms with Crippen LogP contribution in [0.3, 0.4) is 0 Å². The summed E-state index contributed by atoms with van der Waals surface area (Å²) in [4.78, 5) is 12.0. The Morgan fingerprint density at radius 1 is 1.30 bits per heavy atom. The molecule has 1 aromatic heterocycles. The van der Waals surface area contributed by atoms with Crippen molar-refractivity contribution in [1.29, 1.82) is 0 Å². The van der Waals surface area contributed by atoms with E-state index in [0.29, 0.717) is 26.5 Å². The van der Waals surface area contributed by atoms with Crippen molar-refractivity contribution in [1.82, 2.24) is 9.78 Å². The molecule has 2 atom stereocenters. The quantitative estimate of drug-likeness (QED) is 0.770. The molecule has 0 radical (unpaired) electrons. The molecule has 2 aromatic rings. The van der Waals surface area contributed by atoms with Crippen LogP contribution in [0.15, 0.2) is 41.3 Å². The molecule has 1 aromatic carbocycles. The van der Waals surface area contributed by atoms with E-state index in [2.05, 4.69) is 14.0 Å². The monoisotopic (exact) mass is 310 g/mol. The Hall–Kier alpha value is -1.44. The fraction of sp³-hybridized carbons (Fsp3) is 0.231. The largest absolute Gasteiger partial charge is 0.492 e. The molecule has 0 spiro atoms. The third kappa shape index (κ3) is 3.78. The number of hydrogen-bond acceptors (Lipinski definition) is 4. The smallest absolute Gasteiger partial charge is 0.275 e. The van der Waals surface area contributed by atoms with E-state index in [1.54, 1.807) is 18.3 Å². The minimum absolute atomic E-state index is 0.222. The topological polar surface area (TPSA) is 53.4 Å². The van der Waals surface area contributed by atoms with Gasteiger partial charge >= 0.3 is 0 Å². The Morgan fingerprint density at radius 3 is 2.65 bits per heavy atom. The second-order valence-electron chi connectivity index (χ2n) is 4.00. The summed E-state index contributed by atoms with van der Waals surface area (Å²) < 4.78 is 12.1. The van der Waals surface area contributed by atoms with Crippen molar-refractivity contribution in [2.45, 2.75) is 13.3 Å². The van der Waals surface area contributed by atoms with Crippen LogP contribution < -0.4 is 14.8 Å². The van der Waals surface area contributed by atoms with Gasteiger partial charge in [0.05, 0.1) is 27.0 Å². The molecule has 1 heterocycles. The van der Waals surface area contributed by atoms with Crippen LogP contribution in [-0.2, 0) is 0 Å². The van der Waals surface area contributed by atoms with Crippen LogP contribution in [0, 0.1) is 0 Å². The second kappa shape index (κ2) is 7.37. The maximum Gasteiger partial charge on any atom is 0.275 e. The van der Waals surface area contributed by atoms with E-state index in [1.807, 2.05) is 19.1 Å². The fourth-order valence-corrected chi connectivity index (χ4v) is 2.29. The van der Waals surface area contributed by atoms with E-state index < -0.39 is 0 Å². The van der Waals surface area contributed by atoms with Crippen molar-refractivity contribution in [3.8, 4) is 17.2 Å². The van der Waals surface area contributed by atoms with Gasteiger partial charge in [0.25, 0.3) is 5.56 Å². The first kappa shape index (κ1) is 15.0. The molecule has 0 saturated carbocycles. The van der Waals surface area contributed by atoms with Crippen LogP contribution in [0.4, 0.5) is 0 Å². The average molecular weight is 310 g/mol.